The van der Waals surface area contributed by atoms with Gasteiger partial charge in [0.2, 0.25) is 0 Å². The molecule has 0 saturated carbocycles. The van der Waals surface area contributed by atoms with Crippen LogP contribution >= 0.6 is 0 Å². The number of rotatable bonds is 3. The summed E-state index contributed by atoms with van der Waals surface area (Å²) in [5.41, 5.74) is 0.907. The number of halogens is 1. The van der Waals surface area contributed by atoms with Gasteiger partial charge in [0.05, 0.1) is 5.69 Å². The largest absolute Gasteiger partial charge is 0.370 e. The van der Waals surface area contributed by atoms with Crippen molar-refractivity contribution in [3.05, 3.63) is 29.6 Å². The van der Waals surface area contributed by atoms with E-state index in [0.717, 1.165) is 38.2 Å². The van der Waals surface area contributed by atoms with Gasteiger partial charge in [-0.3, -0.25) is 0 Å². The first-order valence-corrected chi connectivity index (χ1v) is 6.34. The standard InChI is InChI=1S/C14H18FN3/c1-17-10-11-5-7-18(8-6-11)14-4-2-3-13(15)12(14)9-16/h2-4,11,17H,5-8,10H2,1H3. The van der Waals surface area contributed by atoms with Crippen molar-refractivity contribution in [3.8, 4) is 6.07 Å². The van der Waals surface area contributed by atoms with Crippen LogP contribution in [-0.2, 0) is 0 Å². The molecule has 0 radical (unpaired) electrons. The van der Waals surface area contributed by atoms with Gasteiger partial charge in [-0.25, -0.2) is 4.39 Å². The summed E-state index contributed by atoms with van der Waals surface area (Å²) in [7, 11) is 1.97. The van der Waals surface area contributed by atoms with Crippen molar-refractivity contribution < 1.29 is 4.39 Å². The van der Waals surface area contributed by atoms with Gasteiger partial charge < -0.3 is 10.2 Å². The van der Waals surface area contributed by atoms with Crippen LogP contribution in [0, 0.1) is 23.1 Å². The number of anilines is 1. The van der Waals surface area contributed by atoms with Gasteiger partial charge >= 0.3 is 0 Å². The Balaban J connectivity index is 2.10. The normalized spacial score (nSPS) is 16.6. The van der Waals surface area contributed by atoms with Crippen LogP contribution in [0.15, 0.2) is 18.2 Å². The molecule has 1 aromatic rings. The topological polar surface area (TPSA) is 39.1 Å². The average Bonchev–Trinajstić information content (AvgIpc) is 2.40. The van der Waals surface area contributed by atoms with E-state index in [1.165, 1.54) is 6.07 Å². The molecule has 1 aliphatic rings. The number of hydrogen-bond donors (Lipinski definition) is 1. The fourth-order valence-electron chi connectivity index (χ4n) is 2.55. The molecule has 1 saturated heterocycles. The van der Waals surface area contributed by atoms with Crippen LogP contribution < -0.4 is 10.2 Å². The molecule has 0 amide bonds. The van der Waals surface area contributed by atoms with Crippen molar-refractivity contribution in [2.45, 2.75) is 12.8 Å². The van der Waals surface area contributed by atoms with Crippen molar-refractivity contribution in [2.75, 3.05) is 31.6 Å². The first-order chi connectivity index (χ1) is 8.76. The van der Waals surface area contributed by atoms with Gasteiger partial charge in [-0.1, -0.05) is 6.07 Å². The Kier molecular flexibility index (Phi) is 4.16. The predicted octanol–water partition coefficient (Wildman–Crippen LogP) is 2.13. The zero-order chi connectivity index (χ0) is 13.0. The Morgan fingerprint density at radius 2 is 2.17 bits per heavy atom. The maximum atomic E-state index is 13.5. The summed E-state index contributed by atoms with van der Waals surface area (Å²) in [6.45, 7) is 2.82. The molecule has 0 aromatic heterocycles. The molecule has 0 spiro atoms. The summed E-state index contributed by atoms with van der Waals surface area (Å²) in [6, 6.07) is 6.82. The fourth-order valence-corrected chi connectivity index (χ4v) is 2.55. The maximum Gasteiger partial charge on any atom is 0.143 e. The first kappa shape index (κ1) is 12.8. The third-order valence-electron chi connectivity index (χ3n) is 3.55. The van der Waals surface area contributed by atoms with Gasteiger partial charge in [-0.15, -0.1) is 0 Å². The van der Waals surface area contributed by atoms with Crippen LogP contribution in [0.4, 0.5) is 10.1 Å². The Morgan fingerprint density at radius 1 is 1.44 bits per heavy atom. The van der Waals surface area contributed by atoms with Crippen LogP contribution in [0.1, 0.15) is 18.4 Å². The summed E-state index contributed by atoms with van der Waals surface area (Å²) in [5, 5.41) is 12.2. The minimum Gasteiger partial charge on any atom is -0.370 e. The molecule has 3 nitrogen and oxygen atoms in total. The lowest BCUT2D eigenvalue weighted by Crippen LogP contribution is -2.37. The fraction of sp³-hybridized carbons (Fsp3) is 0.500. The summed E-state index contributed by atoms with van der Waals surface area (Å²) in [5.74, 6) is 0.262. The van der Waals surface area contributed by atoms with E-state index in [2.05, 4.69) is 10.2 Å². The number of benzene rings is 1. The van der Waals surface area contributed by atoms with Crippen LogP contribution in [-0.4, -0.2) is 26.7 Å². The number of nitrogens with zero attached hydrogens (tertiary/aromatic N) is 2. The predicted molar refractivity (Wildman–Crippen MR) is 70.0 cm³/mol. The molecule has 1 heterocycles. The lowest BCUT2D eigenvalue weighted by Gasteiger charge is -2.34. The van der Waals surface area contributed by atoms with Crippen molar-refractivity contribution in [1.29, 1.82) is 5.26 Å². The molecule has 2 rings (SSSR count). The Labute approximate surface area is 107 Å². The van der Waals surface area contributed by atoms with Gasteiger partial charge in [0.25, 0.3) is 0 Å². The minimum absolute atomic E-state index is 0.171. The Hall–Kier alpha value is -1.60. The lowest BCUT2D eigenvalue weighted by atomic mass is 9.96. The molecule has 18 heavy (non-hydrogen) atoms. The van der Waals surface area contributed by atoms with Crippen LogP contribution in [0.5, 0.6) is 0 Å². The van der Waals surface area contributed by atoms with Crippen LogP contribution in [0.3, 0.4) is 0 Å². The van der Waals surface area contributed by atoms with E-state index in [9.17, 15) is 4.39 Å². The minimum atomic E-state index is -0.424. The Morgan fingerprint density at radius 3 is 2.78 bits per heavy atom. The molecule has 0 atom stereocenters. The number of nitrogens with one attached hydrogen (secondary N) is 1. The smallest absolute Gasteiger partial charge is 0.143 e. The van der Waals surface area contributed by atoms with Crippen LogP contribution in [0.25, 0.3) is 0 Å². The lowest BCUT2D eigenvalue weighted by molar-refractivity contribution is 0.393. The van der Waals surface area contributed by atoms with Gasteiger partial charge in [-0.05, 0) is 44.5 Å². The van der Waals surface area contributed by atoms with E-state index < -0.39 is 5.82 Å². The second-order valence-corrected chi connectivity index (χ2v) is 4.73. The summed E-state index contributed by atoms with van der Waals surface area (Å²) in [6.07, 6.45) is 2.17. The molecule has 4 heteroatoms. The van der Waals surface area contributed by atoms with Crippen molar-refractivity contribution >= 4 is 5.69 Å². The van der Waals surface area contributed by atoms with E-state index in [0.29, 0.717) is 5.92 Å². The second kappa shape index (κ2) is 5.83. The van der Waals surface area contributed by atoms with Crippen molar-refractivity contribution in [1.82, 2.24) is 5.32 Å². The zero-order valence-electron chi connectivity index (χ0n) is 10.6. The second-order valence-electron chi connectivity index (χ2n) is 4.73. The van der Waals surface area contributed by atoms with E-state index in [1.807, 2.05) is 19.2 Å². The summed E-state index contributed by atoms with van der Waals surface area (Å²) in [4.78, 5) is 2.12. The first-order valence-electron chi connectivity index (χ1n) is 6.34. The monoisotopic (exact) mass is 247 g/mol. The van der Waals surface area contributed by atoms with Crippen molar-refractivity contribution in [2.24, 2.45) is 5.92 Å². The highest BCUT2D eigenvalue weighted by Gasteiger charge is 2.21. The van der Waals surface area contributed by atoms with E-state index >= 15 is 0 Å². The molecular weight excluding hydrogens is 229 g/mol. The van der Waals surface area contributed by atoms with Gasteiger partial charge in [0.15, 0.2) is 0 Å². The molecular formula is C14H18FN3. The maximum absolute atomic E-state index is 13.5. The molecule has 1 aromatic carbocycles. The van der Waals surface area contributed by atoms with E-state index in [4.69, 9.17) is 5.26 Å². The summed E-state index contributed by atoms with van der Waals surface area (Å²) < 4.78 is 13.5. The summed E-state index contributed by atoms with van der Waals surface area (Å²) >= 11 is 0. The highest BCUT2D eigenvalue weighted by atomic mass is 19.1. The van der Waals surface area contributed by atoms with Crippen LogP contribution in [0.2, 0.25) is 0 Å². The number of hydrogen-bond acceptors (Lipinski definition) is 3. The highest BCUT2D eigenvalue weighted by molar-refractivity contribution is 5.60. The molecule has 1 fully saturated rings. The molecule has 0 unspecified atom stereocenters. The number of piperidine rings is 1. The number of nitriles is 1. The quantitative estimate of drug-likeness (QED) is 0.889. The van der Waals surface area contributed by atoms with E-state index in [-0.39, 0.29) is 5.56 Å². The van der Waals surface area contributed by atoms with Gasteiger partial charge in [-0.2, -0.15) is 5.26 Å². The molecule has 96 valence electrons. The highest BCUT2D eigenvalue weighted by Crippen LogP contribution is 2.27. The zero-order valence-corrected chi connectivity index (χ0v) is 10.6. The molecule has 1 N–H and O–H groups in total. The molecule has 0 aliphatic carbocycles. The molecule has 1 aliphatic heterocycles. The van der Waals surface area contributed by atoms with Crippen molar-refractivity contribution in [3.63, 3.8) is 0 Å². The SMILES string of the molecule is CNCC1CCN(c2cccc(F)c2C#N)CC1. The third-order valence-corrected chi connectivity index (χ3v) is 3.55. The Bertz CT molecular complexity index is 445. The van der Waals surface area contributed by atoms with Gasteiger partial charge in [0.1, 0.15) is 17.4 Å². The van der Waals surface area contributed by atoms with Gasteiger partial charge in [0, 0.05) is 13.1 Å². The molecule has 0 bridgehead atoms. The average molecular weight is 247 g/mol. The third kappa shape index (κ3) is 2.62. The van der Waals surface area contributed by atoms with E-state index in [1.54, 1.807) is 6.07 Å².